The van der Waals surface area contributed by atoms with Crippen molar-refractivity contribution < 1.29 is 9.59 Å². The zero-order chi connectivity index (χ0) is 16.4. The van der Waals surface area contributed by atoms with E-state index in [1.807, 2.05) is 13.0 Å². The van der Waals surface area contributed by atoms with Crippen LogP contribution < -0.4 is 16.0 Å². The summed E-state index contributed by atoms with van der Waals surface area (Å²) in [4.78, 5) is 24.3. The van der Waals surface area contributed by atoms with Gasteiger partial charge in [-0.1, -0.05) is 6.07 Å². The molecule has 0 spiro atoms. The van der Waals surface area contributed by atoms with Crippen LogP contribution in [0.5, 0.6) is 0 Å². The number of amides is 2. The zero-order valence-electron chi connectivity index (χ0n) is 13.1. The van der Waals surface area contributed by atoms with Gasteiger partial charge in [-0.05, 0) is 24.6 Å². The summed E-state index contributed by atoms with van der Waals surface area (Å²) < 4.78 is 0. The fraction of sp³-hybridized carbons (Fsp3) is 0.312. The number of aryl methyl sites for hydroxylation is 1. The first-order valence-corrected chi connectivity index (χ1v) is 7.51. The smallest absolute Gasteiger partial charge is 0.276 e. The van der Waals surface area contributed by atoms with Crippen LogP contribution in [0.1, 0.15) is 37.7 Å². The quantitative estimate of drug-likeness (QED) is 0.679. The maximum atomic E-state index is 12.5. The second kappa shape index (κ2) is 6.21. The number of nitrogens with zero attached hydrogens (tertiary/aromatic N) is 1. The molecule has 0 bridgehead atoms. The Morgan fingerprint density at radius 3 is 2.87 bits per heavy atom. The summed E-state index contributed by atoms with van der Waals surface area (Å²) in [5, 5.41) is 15.7. The maximum Gasteiger partial charge on any atom is 0.276 e. The summed E-state index contributed by atoms with van der Waals surface area (Å²) in [6, 6.07) is 5.20. The Labute approximate surface area is 133 Å². The molecule has 0 saturated carbocycles. The molecule has 0 saturated heterocycles. The van der Waals surface area contributed by atoms with E-state index >= 15 is 0 Å². The molecule has 0 aliphatic carbocycles. The molecule has 2 aromatic rings. The number of aromatic amines is 1. The largest absolute Gasteiger partial charge is 0.355 e. The van der Waals surface area contributed by atoms with E-state index in [0.717, 1.165) is 29.8 Å². The summed E-state index contributed by atoms with van der Waals surface area (Å²) in [6.07, 6.45) is 0.834. The molecular weight excluding hydrogens is 294 g/mol. The first-order valence-electron chi connectivity index (χ1n) is 7.51. The van der Waals surface area contributed by atoms with E-state index < -0.39 is 0 Å². The minimum atomic E-state index is -0.275. The molecule has 0 fully saturated rings. The predicted octanol–water partition coefficient (Wildman–Crippen LogP) is 0.976. The van der Waals surface area contributed by atoms with Crippen molar-refractivity contribution in [3.8, 4) is 0 Å². The molecular formula is C16H19N5O2. The summed E-state index contributed by atoms with van der Waals surface area (Å²) in [5.74, 6) is -0.467. The van der Waals surface area contributed by atoms with Gasteiger partial charge in [-0.25, -0.2) is 0 Å². The van der Waals surface area contributed by atoms with Gasteiger partial charge in [0, 0.05) is 49.1 Å². The van der Waals surface area contributed by atoms with Gasteiger partial charge in [0.1, 0.15) is 0 Å². The highest BCUT2D eigenvalue weighted by molar-refractivity contribution is 6.05. The van der Waals surface area contributed by atoms with Crippen molar-refractivity contribution in [2.45, 2.75) is 19.9 Å². The third-order valence-corrected chi connectivity index (χ3v) is 4.00. The molecule has 1 aromatic carbocycles. The van der Waals surface area contributed by atoms with Gasteiger partial charge in [0.2, 0.25) is 0 Å². The van der Waals surface area contributed by atoms with Gasteiger partial charge in [-0.15, -0.1) is 0 Å². The van der Waals surface area contributed by atoms with Crippen LogP contribution in [-0.4, -0.2) is 35.6 Å². The monoisotopic (exact) mass is 313 g/mol. The first-order chi connectivity index (χ1) is 11.1. The van der Waals surface area contributed by atoms with E-state index in [1.54, 1.807) is 19.2 Å². The maximum absolute atomic E-state index is 12.5. The number of aromatic nitrogens is 2. The van der Waals surface area contributed by atoms with Crippen LogP contribution in [-0.2, 0) is 13.0 Å². The molecule has 3 rings (SSSR count). The number of carbonyl (C=O) groups is 2. The van der Waals surface area contributed by atoms with Crippen LogP contribution in [0.15, 0.2) is 18.2 Å². The lowest BCUT2D eigenvalue weighted by Crippen LogP contribution is -2.25. The van der Waals surface area contributed by atoms with Gasteiger partial charge in [-0.3, -0.25) is 14.7 Å². The van der Waals surface area contributed by atoms with E-state index in [9.17, 15) is 9.59 Å². The lowest BCUT2D eigenvalue weighted by Gasteiger charge is -2.13. The van der Waals surface area contributed by atoms with E-state index in [4.69, 9.17) is 0 Å². The van der Waals surface area contributed by atoms with Crippen molar-refractivity contribution in [1.82, 2.24) is 20.8 Å². The molecule has 0 unspecified atom stereocenters. The fourth-order valence-electron chi connectivity index (χ4n) is 2.64. The third-order valence-electron chi connectivity index (χ3n) is 4.00. The van der Waals surface area contributed by atoms with Crippen molar-refractivity contribution >= 4 is 17.5 Å². The topological polar surface area (TPSA) is 98.9 Å². The third kappa shape index (κ3) is 2.95. The predicted molar refractivity (Wildman–Crippen MR) is 86.5 cm³/mol. The SMILES string of the molecule is CNC(=O)c1ccc(C)c(NC(=O)c2n[nH]c3c2CNCC3)c1. The zero-order valence-corrected chi connectivity index (χ0v) is 13.1. The van der Waals surface area contributed by atoms with Gasteiger partial charge >= 0.3 is 0 Å². The van der Waals surface area contributed by atoms with Crippen molar-refractivity contribution in [1.29, 1.82) is 0 Å². The molecule has 7 heteroatoms. The van der Waals surface area contributed by atoms with E-state index in [2.05, 4.69) is 26.1 Å². The fourth-order valence-corrected chi connectivity index (χ4v) is 2.64. The molecule has 0 radical (unpaired) electrons. The first kappa shape index (κ1) is 15.2. The summed E-state index contributed by atoms with van der Waals surface area (Å²) in [7, 11) is 1.57. The molecule has 7 nitrogen and oxygen atoms in total. The second-order valence-corrected chi connectivity index (χ2v) is 5.52. The lowest BCUT2D eigenvalue weighted by molar-refractivity contribution is 0.0961. The van der Waals surface area contributed by atoms with E-state index in [0.29, 0.717) is 23.5 Å². The highest BCUT2D eigenvalue weighted by Gasteiger charge is 2.22. The van der Waals surface area contributed by atoms with Crippen molar-refractivity contribution in [2.75, 3.05) is 18.9 Å². The average Bonchev–Trinajstić information content (AvgIpc) is 3.00. The standard InChI is InChI=1S/C16H19N5O2/c1-9-3-4-10(15(22)17-2)7-13(9)19-16(23)14-11-8-18-6-5-12(11)20-21-14/h3-4,7,18H,5-6,8H2,1-2H3,(H,17,22)(H,19,23)(H,20,21). The lowest BCUT2D eigenvalue weighted by atomic mass is 10.1. The molecule has 2 heterocycles. The Morgan fingerprint density at radius 2 is 2.09 bits per heavy atom. The Hall–Kier alpha value is -2.67. The molecule has 120 valence electrons. The minimum Gasteiger partial charge on any atom is -0.355 e. The molecule has 1 aliphatic rings. The van der Waals surface area contributed by atoms with Crippen molar-refractivity contribution in [3.05, 3.63) is 46.3 Å². The van der Waals surface area contributed by atoms with Gasteiger partial charge in [0.25, 0.3) is 11.8 Å². The Balaban J connectivity index is 1.85. The highest BCUT2D eigenvalue weighted by atomic mass is 16.2. The highest BCUT2D eigenvalue weighted by Crippen LogP contribution is 2.20. The average molecular weight is 313 g/mol. The Bertz CT molecular complexity index is 766. The van der Waals surface area contributed by atoms with Gasteiger partial charge in [-0.2, -0.15) is 5.10 Å². The number of fused-ring (bicyclic) bond motifs is 1. The molecule has 2 amide bonds. The summed E-state index contributed by atoms with van der Waals surface area (Å²) >= 11 is 0. The van der Waals surface area contributed by atoms with Crippen LogP contribution in [0.3, 0.4) is 0 Å². The number of hydrogen-bond acceptors (Lipinski definition) is 4. The van der Waals surface area contributed by atoms with Crippen LogP contribution >= 0.6 is 0 Å². The van der Waals surface area contributed by atoms with E-state index in [-0.39, 0.29) is 11.8 Å². The minimum absolute atomic E-state index is 0.193. The number of benzene rings is 1. The number of H-pyrrole nitrogens is 1. The van der Waals surface area contributed by atoms with E-state index in [1.165, 1.54) is 0 Å². The molecule has 1 aromatic heterocycles. The Morgan fingerprint density at radius 1 is 1.26 bits per heavy atom. The number of rotatable bonds is 3. The van der Waals surface area contributed by atoms with Crippen LogP contribution in [0.4, 0.5) is 5.69 Å². The molecule has 0 atom stereocenters. The molecule has 1 aliphatic heterocycles. The van der Waals surface area contributed by atoms with Gasteiger partial charge in [0.15, 0.2) is 5.69 Å². The summed E-state index contributed by atoms with van der Waals surface area (Å²) in [5.41, 5.74) is 4.31. The van der Waals surface area contributed by atoms with Gasteiger partial charge in [0.05, 0.1) is 0 Å². The van der Waals surface area contributed by atoms with Crippen LogP contribution in [0, 0.1) is 6.92 Å². The number of hydrogen-bond donors (Lipinski definition) is 4. The van der Waals surface area contributed by atoms with Crippen LogP contribution in [0.2, 0.25) is 0 Å². The molecule has 4 N–H and O–H groups in total. The van der Waals surface area contributed by atoms with Crippen molar-refractivity contribution in [3.63, 3.8) is 0 Å². The number of nitrogens with one attached hydrogen (secondary N) is 4. The normalized spacial score (nSPS) is 13.3. The number of carbonyl (C=O) groups excluding carboxylic acids is 2. The Kier molecular flexibility index (Phi) is 4.12. The van der Waals surface area contributed by atoms with Crippen molar-refractivity contribution in [2.24, 2.45) is 0 Å². The second-order valence-electron chi connectivity index (χ2n) is 5.52. The number of anilines is 1. The van der Waals surface area contributed by atoms with Crippen LogP contribution in [0.25, 0.3) is 0 Å². The summed E-state index contributed by atoms with van der Waals surface area (Å²) in [6.45, 7) is 3.39. The van der Waals surface area contributed by atoms with Gasteiger partial charge < -0.3 is 16.0 Å². The molecule has 23 heavy (non-hydrogen) atoms.